The standard InChI is InChI=1S/C22H31N3O2/c1-3-4-5-17-6-8-18(9-7-17)22(26)24-19-10-12-20(13-11-19)27-16-21-23-14-15-25(21)2/h10-15,17-18H,3-9,16H2,1-2H3,(H,24,26). The first-order chi connectivity index (χ1) is 13.2. The number of unbranched alkanes of at least 4 members (excludes halogenated alkanes) is 1. The third kappa shape index (κ3) is 5.59. The summed E-state index contributed by atoms with van der Waals surface area (Å²) in [5.41, 5.74) is 0.831. The van der Waals surface area contributed by atoms with Gasteiger partial charge in [0.25, 0.3) is 0 Å². The van der Waals surface area contributed by atoms with Gasteiger partial charge in [-0.25, -0.2) is 4.98 Å². The van der Waals surface area contributed by atoms with Crippen molar-refractivity contribution in [3.05, 3.63) is 42.5 Å². The smallest absolute Gasteiger partial charge is 0.227 e. The Morgan fingerprint density at radius 1 is 1.22 bits per heavy atom. The molecule has 0 spiro atoms. The average Bonchev–Trinajstić information content (AvgIpc) is 3.11. The number of benzene rings is 1. The lowest BCUT2D eigenvalue weighted by Crippen LogP contribution is -2.27. The van der Waals surface area contributed by atoms with Crippen molar-refractivity contribution in [2.75, 3.05) is 5.32 Å². The number of amides is 1. The van der Waals surface area contributed by atoms with Crippen molar-refractivity contribution in [2.45, 2.75) is 58.5 Å². The Morgan fingerprint density at radius 2 is 1.96 bits per heavy atom. The van der Waals surface area contributed by atoms with Crippen molar-refractivity contribution >= 4 is 11.6 Å². The number of anilines is 1. The highest BCUT2D eigenvalue weighted by molar-refractivity contribution is 5.92. The van der Waals surface area contributed by atoms with Crippen molar-refractivity contribution in [2.24, 2.45) is 18.9 Å². The molecule has 0 bridgehead atoms. The molecule has 2 aromatic rings. The van der Waals surface area contributed by atoms with E-state index in [0.29, 0.717) is 6.61 Å². The molecule has 1 N–H and O–H groups in total. The van der Waals surface area contributed by atoms with E-state index in [0.717, 1.165) is 36.0 Å². The van der Waals surface area contributed by atoms with Crippen LogP contribution in [0.5, 0.6) is 5.75 Å². The number of nitrogens with one attached hydrogen (secondary N) is 1. The highest BCUT2D eigenvalue weighted by Crippen LogP contribution is 2.32. The first-order valence-corrected chi connectivity index (χ1v) is 10.2. The Balaban J connectivity index is 1.44. The first kappa shape index (κ1) is 19.5. The summed E-state index contributed by atoms with van der Waals surface area (Å²) in [6.45, 7) is 2.67. The van der Waals surface area contributed by atoms with Gasteiger partial charge in [0.15, 0.2) is 0 Å². The van der Waals surface area contributed by atoms with E-state index in [1.807, 2.05) is 42.1 Å². The fourth-order valence-electron chi connectivity index (χ4n) is 3.77. The molecule has 1 heterocycles. The fraction of sp³-hybridized carbons (Fsp3) is 0.545. The second kappa shape index (κ2) is 9.58. The number of imidazole rings is 1. The highest BCUT2D eigenvalue weighted by atomic mass is 16.5. The Hall–Kier alpha value is -2.30. The maximum absolute atomic E-state index is 12.5. The third-order valence-corrected chi connectivity index (χ3v) is 5.59. The third-order valence-electron chi connectivity index (χ3n) is 5.59. The number of rotatable bonds is 8. The number of nitrogens with zero attached hydrogens (tertiary/aromatic N) is 2. The van der Waals surface area contributed by atoms with Gasteiger partial charge in [-0.05, 0) is 55.9 Å². The summed E-state index contributed by atoms with van der Waals surface area (Å²) in [6.07, 6.45) is 12.0. The van der Waals surface area contributed by atoms with E-state index >= 15 is 0 Å². The van der Waals surface area contributed by atoms with Gasteiger partial charge in [0, 0.05) is 31.0 Å². The van der Waals surface area contributed by atoms with Crippen LogP contribution in [-0.2, 0) is 18.4 Å². The van der Waals surface area contributed by atoms with Crippen LogP contribution in [0.2, 0.25) is 0 Å². The summed E-state index contributed by atoms with van der Waals surface area (Å²) in [5, 5.41) is 3.06. The van der Waals surface area contributed by atoms with Crippen LogP contribution in [0.1, 0.15) is 57.7 Å². The number of ether oxygens (including phenoxy) is 1. The van der Waals surface area contributed by atoms with Gasteiger partial charge in [0.05, 0.1) is 0 Å². The second-order valence-electron chi connectivity index (χ2n) is 7.62. The number of hydrogen-bond acceptors (Lipinski definition) is 3. The summed E-state index contributed by atoms with van der Waals surface area (Å²) < 4.78 is 7.69. The zero-order chi connectivity index (χ0) is 19.1. The minimum Gasteiger partial charge on any atom is -0.486 e. The molecule has 0 unspecified atom stereocenters. The lowest BCUT2D eigenvalue weighted by molar-refractivity contribution is -0.121. The summed E-state index contributed by atoms with van der Waals surface area (Å²) in [7, 11) is 1.95. The zero-order valence-corrected chi connectivity index (χ0v) is 16.5. The fourth-order valence-corrected chi connectivity index (χ4v) is 3.77. The van der Waals surface area contributed by atoms with E-state index in [2.05, 4.69) is 17.2 Å². The summed E-state index contributed by atoms with van der Waals surface area (Å²) >= 11 is 0. The Bertz CT molecular complexity index is 715. The highest BCUT2D eigenvalue weighted by Gasteiger charge is 2.25. The maximum Gasteiger partial charge on any atom is 0.227 e. The van der Waals surface area contributed by atoms with Crippen molar-refractivity contribution < 1.29 is 9.53 Å². The molecule has 1 aliphatic carbocycles. The largest absolute Gasteiger partial charge is 0.486 e. The SMILES string of the molecule is CCCCC1CCC(C(=O)Nc2ccc(OCc3nccn3C)cc2)CC1. The van der Waals surface area contributed by atoms with E-state index in [-0.39, 0.29) is 11.8 Å². The van der Waals surface area contributed by atoms with E-state index in [9.17, 15) is 4.79 Å². The van der Waals surface area contributed by atoms with Gasteiger partial charge in [-0.3, -0.25) is 4.79 Å². The molecule has 5 heteroatoms. The van der Waals surface area contributed by atoms with E-state index < -0.39 is 0 Å². The minimum absolute atomic E-state index is 0.155. The second-order valence-corrected chi connectivity index (χ2v) is 7.62. The lowest BCUT2D eigenvalue weighted by Gasteiger charge is -2.27. The topological polar surface area (TPSA) is 56.1 Å². The normalized spacial score (nSPS) is 19.6. The summed E-state index contributed by atoms with van der Waals surface area (Å²) in [4.78, 5) is 16.8. The van der Waals surface area contributed by atoms with Gasteiger partial charge in [-0.15, -0.1) is 0 Å². The van der Waals surface area contributed by atoms with Crippen LogP contribution >= 0.6 is 0 Å². The average molecular weight is 370 g/mol. The molecule has 1 saturated carbocycles. The zero-order valence-electron chi connectivity index (χ0n) is 16.5. The van der Waals surface area contributed by atoms with Gasteiger partial charge in [0.2, 0.25) is 5.91 Å². The number of aryl methyl sites for hydroxylation is 1. The first-order valence-electron chi connectivity index (χ1n) is 10.2. The molecule has 0 atom stereocenters. The van der Waals surface area contributed by atoms with Crippen LogP contribution in [0.3, 0.4) is 0 Å². The molecule has 1 aromatic carbocycles. The molecule has 27 heavy (non-hydrogen) atoms. The van der Waals surface area contributed by atoms with Crippen LogP contribution in [0.15, 0.2) is 36.7 Å². The Labute approximate surface area is 162 Å². The number of aromatic nitrogens is 2. The van der Waals surface area contributed by atoms with Crippen molar-refractivity contribution in [1.29, 1.82) is 0 Å². The van der Waals surface area contributed by atoms with E-state index in [4.69, 9.17) is 4.74 Å². The molecule has 1 amide bonds. The molecular formula is C22H31N3O2. The van der Waals surface area contributed by atoms with Crippen LogP contribution in [0, 0.1) is 11.8 Å². The molecular weight excluding hydrogens is 338 g/mol. The monoisotopic (exact) mass is 369 g/mol. The van der Waals surface area contributed by atoms with Gasteiger partial charge in [0.1, 0.15) is 18.2 Å². The molecule has 3 rings (SSSR count). The molecule has 0 saturated heterocycles. The maximum atomic E-state index is 12.5. The van der Waals surface area contributed by atoms with Crippen molar-refractivity contribution in [1.82, 2.24) is 9.55 Å². The molecule has 1 aromatic heterocycles. The molecule has 1 aliphatic rings. The van der Waals surface area contributed by atoms with E-state index in [1.165, 1.54) is 32.1 Å². The number of carbonyl (C=O) groups excluding carboxylic acids is 1. The number of hydrogen-bond donors (Lipinski definition) is 1. The molecule has 0 aliphatic heterocycles. The van der Waals surface area contributed by atoms with Crippen LogP contribution in [-0.4, -0.2) is 15.5 Å². The number of carbonyl (C=O) groups is 1. The predicted molar refractivity (Wildman–Crippen MR) is 108 cm³/mol. The van der Waals surface area contributed by atoms with Crippen molar-refractivity contribution in [3.63, 3.8) is 0 Å². The van der Waals surface area contributed by atoms with Crippen molar-refractivity contribution in [3.8, 4) is 5.75 Å². The Morgan fingerprint density at radius 3 is 2.59 bits per heavy atom. The molecule has 0 radical (unpaired) electrons. The summed E-state index contributed by atoms with van der Waals surface area (Å²) in [6, 6.07) is 7.58. The summed E-state index contributed by atoms with van der Waals surface area (Å²) in [5.74, 6) is 2.78. The van der Waals surface area contributed by atoms with Gasteiger partial charge in [-0.2, -0.15) is 0 Å². The quantitative estimate of drug-likeness (QED) is 0.717. The predicted octanol–water partition coefficient (Wildman–Crippen LogP) is 4.93. The minimum atomic E-state index is 0.155. The van der Waals surface area contributed by atoms with Crippen LogP contribution < -0.4 is 10.1 Å². The van der Waals surface area contributed by atoms with Gasteiger partial charge in [-0.1, -0.05) is 26.2 Å². The van der Waals surface area contributed by atoms with Gasteiger partial charge < -0.3 is 14.6 Å². The molecule has 1 fully saturated rings. The molecule has 5 nitrogen and oxygen atoms in total. The van der Waals surface area contributed by atoms with E-state index in [1.54, 1.807) is 6.20 Å². The van der Waals surface area contributed by atoms with Crippen LogP contribution in [0.25, 0.3) is 0 Å². The molecule has 146 valence electrons. The van der Waals surface area contributed by atoms with Gasteiger partial charge >= 0.3 is 0 Å². The van der Waals surface area contributed by atoms with Crippen LogP contribution in [0.4, 0.5) is 5.69 Å². The lowest BCUT2D eigenvalue weighted by atomic mass is 9.79. The Kier molecular flexibility index (Phi) is 6.91.